The van der Waals surface area contributed by atoms with E-state index in [9.17, 15) is 8.42 Å². The summed E-state index contributed by atoms with van der Waals surface area (Å²) < 4.78 is 36.9. The summed E-state index contributed by atoms with van der Waals surface area (Å²) in [7, 11) is 1.04. The first-order valence-corrected chi connectivity index (χ1v) is 8.00. The minimum atomic E-state index is -3.45. The highest BCUT2D eigenvalue weighted by molar-refractivity contribution is 7.87. The standard InChI is InChI=1S/C13H18N4O4S/c1-17(2)22(18,19)14-8-7-12-15-13(16-21-12)10-5-4-6-11(9-10)20-3/h4-6,9,14H,7-8H2,1-3H3. The highest BCUT2D eigenvalue weighted by Gasteiger charge is 2.14. The summed E-state index contributed by atoms with van der Waals surface area (Å²) in [5.41, 5.74) is 0.767. The van der Waals surface area contributed by atoms with Gasteiger partial charge < -0.3 is 9.26 Å². The molecular formula is C13H18N4O4S. The molecule has 120 valence electrons. The van der Waals surface area contributed by atoms with Gasteiger partial charge in [0, 0.05) is 32.6 Å². The highest BCUT2D eigenvalue weighted by Crippen LogP contribution is 2.21. The van der Waals surface area contributed by atoms with E-state index < -0.39 is 10.2 Å². The first-order chi connectivity index (χ1) is 10.4. The molecule has 0 aliphatic heterocycles. The molecule has 0 radical (unpaired) electrons. The van der Waals surface area contributed by atoms with Gasteiger partial charge in [0.2, 0.25) is 11.7 Å². The van der Waals surface area contributed by atoms with E-state index in [-0.39, 0.29) is 6.54 Å². The van der Waals surface area contributed by atoms with Gasteiger partial charge in [-0.05, 0) is 12.1 Å². The fourth-order valence-corrected chi connectivity index (χ4v) is 2.27. The lowest BCUT2D eigenvalue weighted by molar-refractivity contribution is 0.378. The van der Waals surface area contributed by atoms with Gasteiger partial charge in [0.25, 0.3) is 10.2 Å². The van der Waals surface area contributed by atoms with Gasteiger partial charge >= 0.3 is 0 Å². The van der Waals surface area contributed by atoms with Crippen molar-refractivity contribution in [2.75, 3.05) is 27.7 Å². The van der Waals surface area contributed by atoms with Crippen LogP contribution >= 0.6 is 0 Å². The molecule has 0 amide bonds. The van der Waals surface area contributed by atoms with Crippen molar-refractivity contribution in [1.82, 2.24) is 19.2 Å². The van der Waals surface area contributed by atoms with E-state index in [2.05, 4.69) is 14.9 Å². The quantitative estimate of drug-likeness (QED) is 0.804. The molecule has 0 aliphatic carbocycles. The summed E-state index contributed by atoms with van der Waals surface area (Å²) in [6.45, 7) is 0.181. The van der Waals surface area contributed by atoms with Gasteiger partial charge in [-0.2, -0.15) is 17.7 Å². The number of benzene rings is 1. The third-order valence-corrected chi connectivity index (χ3v) is 4.43. The fourth-order valence-electron chi connectivity index (χ4n) is 1.65. The molecule has 0 atom stereocenters. The van der Waals surface area contributed by atoms with Gasteiger partial charge in [0.05, 0.1) is 7.11 Å². The summed E-state index contributed by atoms with van der Waals surface area (Å²) in [6.07, 6.45) is 0.310. The SMILES string of the molecule is COc1cccc(-c2noc(CCNS(=O)(=O)N(C)C)n2)c1. The summed E-state index contributed by atoms with van der Waals surface area (Å²) in [5.74, 6) is 1.49. The number of hydrogen-bond acceptors (Lipinski definition) is 6. The van der Waals surface area contributed by atoms with E-state index in [1.807, 2.05) is 18.2 Å². The van der Waals surface area contributed by atoms with Gasteiger partial charge in [0.15, 0.2) is 0 Å². The lowest BCUT2D eigenvalue weighted by Crippen LogP contribution is -2.36. The van der Waals surface area contributed by atoms with E-state index in [4.69, 9.17) is 9.26 Å². The topological polar surface area (TPSA) is 97.6 Å². The molecule has 0 fully saturated rings. The average molecular weight is 326 g/mol. The Morgan fingerprint density at radius 2 is 2.14 bits per heavy atom. The van der Waals surface area contributed by atoms with Crippen LogP contribution in [0.1, 0.15) is 5.89 Å². The Hall–Kier alpha value is -1.97. The van der Waals surface area contributed by atoms with Crippen molar-refractivity contribution >= 4 is 10.2 Å². The molecule has 2 aromatic rings. The Bertz CT molecular complexity index is 727. The smallest absolute Gasteiger partial charge is 0.278 e. The van der Waals surface area contributed by atoms with Gasteiger partial charge in [-0.25, -0.2) is 4.72 Å². The number of ether oxygens (including phenoxy) is 1. The number of hydrogen-bond donors (Lipinski definition) is 1. The van der Waals surface area contributed by atoms with Crippen LogP contribution in [0.5, 0.6) is 5.75 Å². The molecule has 8 nitrogen and oxygen atoms in total. The number of nitrogens with one attached hydrogen (secondary N) is 1. The van der Waals surface area contributed by atoms with Crippen molar-refractivity contribution < 1.29 is 17.7 Å². The van der Waals surface area contributed by atoms with Crippen LogP contribution in [0.4, 0.5) is 0 Å². The average Bonchev–Trinajstić information content (AvgIpc) is 2.96. The van der Waals surface area contributed by atoms with Crippen molar-refractivity contribution in [3.63, 3.8) is 0 Å². The second-order valence-electron chi connectivity index (χ2n) is 4.68. The summed E-state index contributed by atoms with van der Waals surface area (Å²) in [4.78, 5) is 4.24. The molecule has 1 heterocycles. The molecule has 1 aromatic heterocycles. The summed E-state index contributed by atoms with van der Waals surface area (Å²) in [5, 5.41) is 3.88. The number of methoxy groups -OCH3 is 1. The van der Waals surface area contributed by atoms with Crippen LogP contribution in [0.15, 0.2) is 28.8 Å². The highest BCUT2D eigenvalue weighted by atomic mass is 32.2. The zero-order valence-electron chi connectivity index (χ0n) is 12.6. The largest absolute Gasteiger partial charge is 0.497 e. The minimum Gasteiger partial charge on any atom is -0.497 e. The van der Waals surface area contributed by atoms with Crippen molar-refractivity contribution in [3.8, 4) is 17.1 Å². The molecule has 9 heteroatoms. The first-order valence-electron chi connectivity index (χ1n) is 6.56. The first kappa shape index (κ1) is 16.4. The lowest BCUT2D eigenvalue weighted by atomic mass is 10.2. The van der Waals surface area contributed by atoms with Crippen molar-refractivity contribution in [1.29, 1.82) is 0 Å². The van der Waals surface area contributed by atoms with Crippen LogP contribution in [-0.4, -0.2) is 50.6 Å². The molecule has 0 saturated carbocycles. The Morgan fingerprint density at radius 3 is 2.82 bits per heavy atom. The number of nitrogens with zero attached hydrogens (tertiary/aromatic N) is 3. The lowest BCUT2D eigenvalue weighted by Gasteiger charge is -2.11. The second-order valence-corrected chi connectivity index (χ2v) is 6.64. The Kier molecular flexibility index (Phi) is 5.11. The Balaban J connectivity index is 2.00. The molecule has 1 N–H and O–H groups in total. The predicted octanol–water partition coefficient (Wildman–Crippen LogP) is 0.684. The summed E-state index contributed by atoms with van der Waals surface area (Å²) >= 11 is 0. The van der Waals surface area contributed by atoms with Crippen LogP contribution in [0.2, 0.25) is 0 Å². The van der Waals surface area contributed by atoms with E-state index in [1.54, 1.807) is 13.2 Å². The monoisotopic (exact) mass is 326 g/mol. The molecule has 0 saturated heterocycles. The van der Waals surface area contributed by atoms with E-state index in [0.29, 0.717) is 23.9 Å². The normalized spacial score (nSPS) is 11.8. The zero-order chi connectivity index (χ0) is 16.2. The third kappa shape index (κ3) is 4.03. The van der Waals surface area contributed by atoms with Crippen molar-refractivity contribution in [2.45, 2.75) is 6.42 Å². The maximum atomic E-state index is 11.6. The predicted molar refractivity (Wildman–Crippen MR) is 80.6 cm³/mol. The van der Waals surface area contributed by atoms with Crippen LogP contribution in [-0.2, 0) is 16.6 Å². The van der Waals surface area contributed by atoms with Crippen LogP contribution in [0, 0.1) is 0 Å². The van der Waals surface area contributed by atoms with Gasteiger partial charge in [-0.3, -0.25) is 0 Å². The molecular weight excluding hydrogens is 308 g/mol. The molecule has 0 spiro atoms. The molecule has 22 heavy (non-hydrogen) atoms. The van der Waals surface area contributed by atoms with E-state index in [1.165, 1.54) is 14.1 Å². The van der Waals surface area contributed by atoms with Crippen LogP contribution in [0.25, 0.3) is 11.4 Å². The second kappa shape index (κ2) is 6.86. The van der Waals surface area contributed by atoms with E-state index >= 15 is 0 Å². The van der Waals surface area contributed by atoms with Crippen molar-refractivity contribution in [2.24, 2.45) is 0 Å². The molecule has 0 aliphatic rings. The summed E-state index contributed by atoms with van der Waals surface area (Å²) in [6, 6.07) is 7.28. The van der Waals surface area contributed by atoms with Crippen LogP contribution < -0.4 is 9.46 Å². The van der Waals surface area contributed by atoms with Crippen LogP contribution in [0.3, 0.4) is 0 Å². The maximum absolute atomic E-state index is 11.6. The van der Waals surface area contributed by atoms with E-state index in [0.717, 1.165) is 9.87 Å². The van der Waals surface area contributed by atoms with Crippen molar-refractivity contribution in [3.05, 3.63) is 30.2 Å². The molecule has 2 rings (SSSR count). The Labute approximate surface area is 129 Å². The minimum absolute atomic E-state index is 0.181. The molecule has 0 unspecified atom stereocenters. The van der Waals surface area contributed by atoms with Gasteiger partial charge in [-0.1, -0.05) is 17.3 Å². The molecule has 0 bridgehead atoms. The van der Waals surface area contributed by atoms with Gasteiger partial charge in [-0.15, -0.1) is 0 Å². The number of aromatic nitrogens is 2. The number of rotatable bonds is 7. The Morgan fingerprint density at radius 1 is 1.36 bits per heavy atom. The fraction of sp³-hybridized carbons (Fsp3) is 0.385. The molecule has 1 aromatic carbocycles. The van der Waals surface area contributed by atoms with Gasteiger partial charge in [0.1, 0.15) is 5.75 Å². The third-order valence-electron chi connectivity index (χ3n) is 2.90. The maximum Gasteiger partial charge on any atom is 0.278 e. The zero-order valence-corrected chi connectivity index (χ0v) is 13.4.